The molecule has 0 aromatic heterocycles. The normalized spacial score (nSPS) is 19.3. The Hall–Kier alpha value is -1.55. The highest BCUT2D eigenvalue weighted by molar-refractivity contribution is 5.92. The van der Waals surface area contributed by atoms with Gasteiger partial charge < -0.3 is 11.1 Å². The summed E-state index contributed by atoms with van der Waals surface area (Å²) in [5.41, 5.74) is 7.54. The quantitative estimate of drug-likeness (QED) is 0.834. The van der Waals surface area contributed by atoms with E-state index in [9.17, 15) is 4.79 Å². The molecule has 0 atom stereocenters. The summed E-state index contributed by atoms with van der Waals surface area (Å²) in [7, 11) is 0. The number of hydrogen-bond donors (Lipinski definition) is 2. The van der Waals surface area contributed by atoms with Crippen LogP contribution >= 0.6 is 0 Å². The molecule has 20 heavy (non-hydrogen) atoms. The van der Waals surface area contributed by atoms with Crippen LogP contribution < -0.4 is 11.1 Å². The van der Waals surface area contributed by atoms with Crippen LogP contribution in [0.3, 0.4) is 0 Å². The molecule has 4 heteroatoms. The lowest BCUT2D eigenvalue weighted by atomic mass is 9.85. The number of nitrogens with two attached hydrogens (primary N) is 1. The van der Waals surface area contributed by atoms with E-state index in [1.807, 2.05) is 12.1 Å². The number of carbonyl (C=O) groups is 1. The number of benzene rings is 1. The van der Waals surface area contributed by atoms with Crippen molar-refractivity contribution in [3.63, 3.8) is 0 Å². The van der Waals surface area contributed by atoms with Crippen LogP contribution in [-0.4, -0.2) is 30.4 Å². The predicted molar refractivity (Wildman–Crippen MR) is 83.6 cm³/mol. The van der Waals surface area contributed by atoms with Crippen LogP contribution in [0.25, 0.3) is 0 Å². The number of nitrogen functional groups attached to an aromatic ring is 1. The second-order valence-electron chi connectivity index (χ2n) is 6.46. The summed E-state index contributed by atoms with van der Waals surface area (Å²) in [5, 5.41) is 2.92. The smallest absolute Gasteiger partial charge is 0.238 e. The Morgan fingerprint density at radius 3 is 2.65 bits per heavy atom. The third kappa shape index (κ3) is 4.53. The highest BCUT2D eigenvalue weighted by Gasteiger charge is 2.23. The number of amides is 1. The first-order valence-corrected chi connectivity index (χ1v) is 7.32. The van der Waals surface area contributed by atoms with Gasteiger partial charge in [-0.25, -0.2) is 0 Å². The molecule has 0 saturated carbocycles. The van der Waals surface area contributed by atoms with E-state index in [4.69, 9.17) is 5.73 Å². The van der Waals surface area contributed by atoms with E-state index in [2.05, 4.69) is 24.1 Å². The zero-order chi connectivity index (χ0) is 14.6. The lowest BCUT2D eigenvalue weighted by molar-refractivity contribution is -0.117. The summed E-state index contributed by atoms with van der Waals surface area (Å²) in [6.45, 7) is 7.11. The first-order chi connectivity index (χ1) is 9.44. The molecule has 1 aromatic rings. The van der Waals surface area contributed by atoms with Gasteiger partial charge in [0.05, 0.1) is 6.54 Å². The van der Waals surface area contributed by atoms with Crippen molar-refractivity contribution in [3.8, 4) is 0 Å². The molecule has 1 saturated heterocycles. The van der Waals surface area contributed by atoms with E-state index < -0.39 is 0 Å². The Bertz CT molecular complexity index is 453. The monoisotopic (exact) mass is 275 g/mol. The van der Waals surface area contributed by atoms with Gasteiger partial charge in [0.2, 0.25) is 5.91 Å². The summed E-state index contributed by atoms with van der Waals surface area (Å²) in [6, 6.07) is 7.26. The summed E-state index contributed by atoms with van der Waals surface area (Å²) in [5.74, 6) is 0.0504. The molecule has 1 aliphatic rings. The maximum absolute atomic E-state index is 12.1. The van der Waals surface area contributed by atoms with Crippen LogP contribution in [0, 0.1) is 5.41 Å². The number of nitrogens with one attached hydrogen (secondary N) is 1. The Morgan fingerprint density at radius 2 is 1.95 bits per heavy atom. The summed E-state index contributed by atoms with van der Waals surface area (Å²) < 4.78 is 0. The maximum atomic E-state index is 12.1. The third-order valence-corrected chi connectivity index (χ3v) is 3.99. The van der Waals surface area contributed by atoms with Crippen LogP contribution in [0.1, 0.15) is 33.1 Å². The van der Waals surface area contributed by atoms with E-state index in [0.29, 0.717) is 17.6 Å². The minimum Gasteiger partial charge on any atom is -0.399 e. The molecule has 0 radical (unpaired) electrons. The average molecular weight is 275 g/mol. The van der Waals surface area contributed by atoms with Gasteiger partial charge in [0.15, 0.2) is 0 Å². The number of nitrogens with zero attached hydrogens (tertiary/aromatic N) is 1. The van der Waals surface area contributed by atoms with Crippen LogP contribution in [-0.2, 0) is 4.79 Å². The van der Waals surface area contributed by atoms with Crippen LogP contribution in [0.15, 0.2) is 24.3 Å². The zero-order valence-corrected chi connectivity index (χ0v) is 12.5. The molecule has 1 fully saturated rings. The fourth-order valence-electron chi connectivity index (χ4n) is 2.61. The number of hydrogen-bond acceptors (Lipinski definition) is 3. The molecule has 1 aliphatic heterocycles. The predicted octanol–water partition coefficient (Wildman–Crippen LogP) is 2.72. The minimum absolute atomic E-state index is 0.0504. The minimum atomic E-state index is 0.0504. The second-order valence-corrected chi connectivity index (χ2v) is 6.46. The first kappa shape index (κ1) is 14.9. The summed E-state index contributed by atoms with van der Waals surface area (Å²) in [4.78, 5) is 14.3. The molecular formula is C16H25N3O. The van der Waals surface area contributed by atoms with Crippen LogP contribution in [0.4, 0.5) is 11.4 Å². The fraction of sp³-hybridized carbons (Fsp3) is 0.562. The Morgan fingerprint density at radius 1 is 1.25 bits per heavy atom. The van der Waals surface area contributed by atoms with Crippen molar-refractivity contribution in [2.75, 3.05) is 30.7 Å². The van der Waals surface area contributed by atoms with Gasteiger partial charge in [-0.3, -0.25) is 9.69 Å². The number of carbonyl (C=O) groups excluding carboxylic acids is 1. The molecule has 4 nitrogen and oxygen atoms in total. The molecule has 110 valence electrons. The molecular weight excluding hydrogens is 250 g/mol. The number of likely N-dealkylation sites (tertiary alicyclic amines) is 1. The maximum Gasteiger partial charge on any atom is 0.238 e. The van der Waals surface area contributed by atoms with E-state index in [0.717, 1.165) is 25.2 Å². The van der Waals surface area contributed by atoms with Crippen molar-refractivity contribution < 1.29 is 4.79 Å². The Kier molecular flexibility index (Phi) is 4.65. The van der Waals surface area contributed by atoms with Crippen molar-refractivity contribution in [1.82, 2.24) is 4.90 Å². The highest BCUT2D eigenvalue weighted by atomic mass is 16.2. The van der Waals surface area contributed by atoms with Gasteiger partial charge in [-0.1, -0.05) is 13.8 Å². The van der Waals surface area contributed by atoms with Crippen LogP contribution in [0.2, 0.25) is 0 Å². The zero-order valence-electron chi connectivity index (χ0n) is 12.5. The van der Waals surface area contributed by atoms with Gasteiger partial charge >= 0.3 is 0 Å². The molecule has 1 aromatic carbocycles. The lowest BCUT2D eigenvalue weighted by Crippen LogP contribution is -2.34. The van der Waals surface area contributed by atoms with Gasteiger partial charge in [-0.15, -0.1) is 0 Å². The van der Waals surface area contributed by atoms with E-state index in [-0.39, 0.29) is 5.91 Å². The molecule has 3 N–H and O–H groups in total. The highest BCUT2D eigenvalue weighted by Crippen LogP contribution is 2.29. The molecule has 2 rings (SSSR count). The van der Waals surface area contributed by atoms with E-state index in [1.165, 1.54) is 12.8 Å². The molecule has 1 heterocycles. The third-order valence-electron chi connectivity index (χ3n) is 3.99. The largest absolute Gasteiger partial charge is 0.399 e. The van der Waals surface area contributed by atoms with Crippen molar-refractivity contribution in [2.24, 2.45) is 5.41 Å². The second kappa shape index (κ2) is 6.27. The van der Waals surface area contributed by atoms with Gasteiger partial charge in [0.1, 0.15) is 0 Å². The van der Waals surface area contributed by atoms with Crippen molar-refractivity contribution in [2.45, 2.75) is 33.1 Å². The molecule has 0 spiro atoms. The Labute approximate surface area is 121 Å². The topological polar surface area (TPSA) is 58.4 Å². The van der Waals surface area contributed by atoms with Crippen LogP contribution in [0.5, 0.6) is 0 Å². The van der Waals surface area contributed by atoms with Crippen molar-refractivity contribution in [1.29, 1.82) is 0 Å². The lowest BCUT2D eigenvalue weighted by Gasteiger charge is -2.23. The molecule has 0 aliphatic carbocycles. The Balaban J connectivity index is 1.83. The fourth-order valence-corrected chi connectivity index (χ4v) is 2.61. The first-order valence-electron chi connectivity index (χ1n) is 7.32. The average Bonchev–Trinajstić information content (AvgIpc) is 2.54. The van der Waals surface area contributed by atoms with Gasteiger partial charge in [-0.2, -0.15) is 0 Å². The summed E-state index contributed by atoms with van der Waals surface area (Å²) in [6.07, 6.45) is 3.56. The molecule has 0 unspecified atom stereocenters. The standard InChI is InChI=1S/C16H25N3O/c1-16(2)8-3-10-19(11-9-16)12-15(20)18-14-6-4-13(17)5-7-14/h4-7H,3,8-12,17H2,1-2H3,(H,18,20). The van der Waals surface area contributed by atoms with Gasteiger partial charge in [0, 0.05) is 11.4 Å². The van der Waals surface area contributed by atoms with Crippen molar-refractivity contribution in [3.05, 3.63) is 24.3 Å². The SMILES string of the molecule is CC1(C)CCCN(CC(=O)Nc2ccc(N)cc2)CC1. The van der Waals surface area contributed by atoms with Gasteiger partial charge in [0.25, 0.3) is 0 Å². The molecule has 0 bridgehead atoms. The number of rotatable bonds is 3. The van der Waals surface area contributed by atoms with E-state index >= 15 is 0 Å². The van der Waals surface area contributed by atoms with Crippen molar-refractivity contribution >= 4 is 17.3 Å². The van der Waals surface area contributed by atoms with E-state index in [1.54, 1.807) is 12.1 Å². The summed E-state index contributed by atoms with van der Waals surface area (Å²) >= 11 is 0. The van der Waals surface area contributed by atoms with Gasteiger partial charge in [-0.05, 0) is 62.0 Å². The molecule has 1 amide bonds. The number of anilines is 2.